The molecule has 0 aliphatic rings. The molecule has 96 valence electrons. The Kier molecular flexibility index (Phi) is 4.69. The third-order valence-electron chi connectivity index (χ3n) is 2.85. The second-order valence-electron chi connectivity index (χ2n) is 4.37. The van der Waals surface area contributed by atoms with Gasteiger partial charge in [-0.15, -0.1) is 0 Å². The number of ether oxygens (including phenoxy) is 1. The molecule has 0 saturated heterocycles. The number of rotatable bonds is 5. The molecule has 2 unspecified atom stereocenters. The lowest BCUT2D eigenvalue weighted by atomic mass is 9.87. The van der Waals surface area contributed by atoms with E-state index in [1.54, 1.807) is 17.1 Å². The van der Waals surface area contributed by atoms with E-state index in [1.165, 1.54) is 7.11 Å². The van der Waals surface area contributed by atoms with Crippen LogP contribution in [0.2, 0.25) is 0 Å². The van der Waals surface area contributed by atoms with Gasteiger partial charge >= 0.3 is 5.97 Å². The molecule has 1 heterocycles. The van der Waals surface area contributed by atoms with Crippen LogP contribution in [0.4, 0.5) is 0 Å². The lowest BCUT2D eigenvalue weighted by Crippen LogP contribution is -2.28. The number of nitrogens with zero attached hydrogens (tertiary/aromatic N) is 2. The maximum Gasteiger partial charge on any atom is 0.311 e. The van der Waals surface area contributed by atoms with Gasteiger partial charge in [0, 0.05) is 18.3 Å². The molecule has 0 aliphatic carbocycles. The average Bonchev–Trinajstić information content (AvgIpc) is 2.76. The molecule has 1 N–H and O–H groups in total. The van der Waals surface area contributed by atoms with Gasteiger partial charge in [0.1, 0.15) is 0 Å². The Balaban J connectivity index is 2.91. The van der Waals surface area contributed by atoms with Crippen LogP contribution in [0, 0.1) is 11.8 Å². The highest BCUT2D eigenvalue weighted by Gasteiger charge is 2.32. The van der Waals surface area contributed by atoms with Gasteiger partial charge in [0.25, 0.3) is 0 Å². The lowest BCUT2D eigenvalue weighted by Gasteiger charge is -2.22. The molecule has 2 atom stereocenters. The topological polar surface area (TPSA) is 64.4 Å². The van der Waals surface area contributed by atoms with Gasteiger partial charge in [-0.1, -0.05) is 13.8 Å². The third kappa shape index (κ3) is 3.06. The lowest BCUT2D eigenvalue weighted by molar-refractivity contribution is -0.152. The number of hydrogen-bond acceptors (Lipinski definition) is 4. The SMILES string of the molecule is CCn1cc(C(O)C(C(=O)OC)C(C)C)cn1. The van der Waals surface area contributed by atoms with Crippen LogP contribution in [-0.4, -0.2) is 28.0 Å². The molecular weight excluding hydrogens is 220 g/mol. The van der Waals surface area contributed by atoms with Crippen molar-refractivity contribution in [2.45, 2.75) is 33.4 Å². The van der Waals surface area contributed by atoms with E-state index in [4.69, 9.17) is 4.74 Å². The number of aliphatic hydroxyl groups excluding tert-OH is 1. The molecule has 0 radical (unpaired) electrons. The molecule has 1 aromatic heterocycles. The van der Waals surface area contributed by atoms with Crippen molar-refractivity contribution >= 4 is 5.97 Å². The van der Waals surface area contributed by atoms with Crippen molar-refractivity contribution < 1.29 is 14.6 Å². The van der Waals surface area contributed by atoms with Crippen LogP contribution in [0.25, 0.3) is 0 Å². The van der Waals surface area contributed by atoms with Crippen LogP contribution in [0.1, 0.15) is 32.4 Å². The summed E-state index contributed by atoms with van der Waals surface area (Å²) in [6, 6.07) is 0. The molecule has 0 saturated carbocycles. The van der Waals surface area contributed by atoms with Gasteiger partial charge in [0.2, 0.25) is 0 Å². The minimum Gasteiger partial charge on any atom is -0.469 e. The Labute approximate surface area is 101 Å². The summed E-state index contributed by atoms with van der Waals surface area (Å²) in [5, 5.41) is 14.3. The van der Waals surface area contributed by atoms with Crippen molar-refractivity contribution in [2.75, 3.05) is 7.11 Å². The highest BCUT2D eigenvalue weighted by molar-refractivity contribution is 5.73. The Morgan fingerprint density at radius 2 is 2.24 bits per heavy atom. The normalized spacial score (nSPS) is 14.7. The molecule has 0 aromatic carbocycles. The number of esters is 1. The first-order valence-electron chi connectivity index (χ1n) is 5.79. The number of carbonyl (C=O) groups excluding carboxylic acids is 1. The van der Waals surface area contributed by atoms with Crippen LogP contribution in [0.5, 0.6) is 0 Å². The summed E-state index contributed by atoms with van der Waals surface area (Å²) in [4.78, 5) is 11.6. The maximum absolute atomic E-state index is 11.6. The van der Waals surface area contributed by atoms with Crippen LogP contribution >= 0.6 is 0 Å². The van der Waals surface area contributed by atoms with E-state index < -0.39 is 18.0 Å². The monoisotopic (exact) mass is 240 g/mol. The van der Waals surface area contributed by atoms with Gasteiger partial charge in [-0.25, -0.2) is 0 Å². The van der Waals surface area contributed by atoms with Crippen LogP contribution in [-0.2, 0) is 16.1 Å². The first-order chi connectivity index (χ1) is 8.01. The minimum atomic E-state index is -0.872. The highest BCUT2D eigenvalue weighted by atomic mass is 16.5. The third-order valence-corrected chi connectivity index (χ3v) is 2.85. The predicted molar refractivity (Wildman–Crippen MR) is 63.2 cm³/mol. The molecule has 0 bridgehead atoms. The van der Waals surface area contributed by atoms with E-state index in [0.29, 0.717) is 5.56 Å². The first kappa shape index (κ1) is 13.7. The molecule has 17 heavy (non-hydrogen) atoms. The fraction of sp³-hybridized carbons (Fsp3) is 0.667. The zero-order valence-corrected chi connectivity index (χ0v) is 10.8. The Morgan fingerprint density at radius 1 is 1.59 bits per heavy atom. The van der Waals surface area contributed by atoms with E-state index in [9.17, 15) is 9.90 Å². The fourth-order valence-electron chi connectivity index (χ4n) is 1.81. The second-order valence-corrected chi connectivity index (χ2v) is 4.37. The fourth-order valence-corrected chi connectivity index (χ4v) is 1.81. The summed E-state index contributed by atoms with van der Waals surface area (Å²) in [7, 11) is 1.33. The Hall–Kier alpha value is -1.36. The second kappa shape index (κ2) is 5.82. The summed E-state index contributed by atoms with van der Waals surface area (Å²) in [6.07, 6.45) is 2.47. The summed E-state index contributed by atoms with van der Waals surface area (Å²) < 4.78 is 6.44. The summed E-state index contributed by atoms with van der Waals surface area (Å²) in [6.45, 7) is 6.46. The van der Waals surface area contributed by atoms with Gasteiger partial charge < -0.3 is 9.84 Å². The van der Waals surface area contributed by atoms with Crippen molar-refractivity contribution in [3.05, 3.63) is 18.0 Å². The molecular formula is C12H20N2O3. The number of aromatic nitrogens is 2. The summed E-state index contributed by atoms with van der Waals surface area (Å²) in [5.41, 5.74) is 0.649. The Morgan fingerprint density at radius 3 is 2.65 bits per heavy atom. The largest absolute Gasteiger partial charge is 0.469 e. The molecule has 0 amide bonds. The van der Waals surface area contributed by atoms with Crippen LogP contribution in [0.15, 0.2) is 12.4 Å². The molecule has 1 aromatic rings. The van der Waals surface area contributed by atoms with Crippen molar-refractivity contribution in [3.8, 4) is 0 Å². The molecule has 5 nitrogen and oxygen atoms in total. The Bertz CT molecular complexity index is 374. The number of aliphatic hydroxyl groups is 1. The van der Waals surface area contributed by atoms with Gasteiger partial charge in [0.05, 0.1) is 25.3 Å². The van der Waals surface area contributed by atoms with E-state index in [1.807, 2.05) is 20.8 Å². The number of hydrogen-bond donors (Lipinski definition) is 1. The predicted octanol–water partition coefficient (Wildman–Crippen LogP) is 1.38. The number of methoxy groups -OCH3 is 1. The smallest absolute Gasteiger partial charge is 0.311 e. The van der Waals surface area contributed by atoms with Crippen molar-refractivity contribution in [2.24, 2.45) is 11.8 Å². The molecule has 0 fully saturated rings. The van der Waals surface area contributed by atoms with Crippen molar-refractivity contribution in [1.82, 2.24) is 9.78 Å². The quantitative estimate of drug-likeness (QED) is 0.790. The van der Waals surface area contributed by atoms with Crippen LogP contribution in [0.3, 0.4) is 0 Å². The first-order valence-corrected chi connectivity index (χ1v) is 5.79. The van der Waals surface area contributed by atoms with Crippen molar-refractivity contribution in [1.29, 1.82) is 0 Å². The van der Waals surface area contributed by atoms with Crippen molar-refractivity contribution in [3.63, 3.8) is 0 Å². The highest BCUT2D eigenvalue weighted by Crippen LogP contribution is 2.28. The number of aryl methyl sites for hydroxylation is 1. The summed E-state index contributed by atoms with van der Waals surface area (Å²) >= 11 is 0. The molecule has 1 rings (SSSR count). The van der Waals surface area contributed by atoms with E-state index >= 15 is 0 Å². The zero-order valence-electron chi connectivity index (χ0n) is 10.8. The molecule has 5 heteroatoms. The zero-order chi connectivity index (χ0) is 13.0. The van der Waals surface area contributed by atoms with Crippen LogP contribution < -0.4 is 0 Å². The molecule has 0 spiro atoms. The average molecular weight is 240 g/mol. The standard InChI is InChI=1S/C12H20N2O3/c1-5-14-7-9(6-13-14)11(15)10(8(2)3)12(16)17-4/h6-8,10-11,15H,5H2,1-4H3. The van der Waals surface area contributed by atoms with Gasteiger partial charge in [-0.3, -0.25) is 9.48 Å². The van der Waals surface area contributed by atoms with E-state index in [0.717, 1.165) is 6.54 Å². The molecule has 0 aliphatic heterocycles. The van der Waals surface area contributed by atoms with E-state index in [-0.39, 0.29) is 5.92 Å². The van der Waals surface area contributed by atoms with Gasteiger partial charge in [-0.05, 0) is 12.8 Å². The summed E-state index contributed by atoms with van der Waals surface area (Å²) in [5.74, 6) is -0.950. The van der Waals surface area contributed by atoms with Gasteiger partial charge in [0.15, 0.2) is 0 Å². The minimum absolute atomic E-state index is 0.00225. The number of carbonyl (C=O) groups is 1. The maximum atomic E-state index is 11.6. The van der Waals surface area contributed by atoms with E-state index in [2.05, 4.69) is 5.10 Å². The van der Waals surface area contributed by atoms with Gasteiger partial charge in [-0.2, -0.15) is 5.10 Å².